The fourth-order valence-corrected chi connectivity index (χ4v) is 1.68. The van der Waals surface area contributed by atoms with Gasteiger partial charge in [-0.25, -0.2) is 0 Å². The maximum Gasteiger partial charge on any atom is 0.119 e. The second-order valence-electron chi connectivity index (χ2n) is 3.70. The van der Waals surface area contributed by atoms with Crippen molar-refractivity contribution in [2.24, 2.45) is 5.73 Å². The first-order valence-electron chi connectivity index (χ1n) is 5.71. The molecule has 2 N–H and O–H groups in total. The van der Waals surface area contributed by atoms with Crippen LogP contribution < -0.4 is 10.5 Å². The van der Waals surface area contributed by atoms with Gasteiger partial charge in [-0.3, -0.25) is 4.98 Å². The van der Waals surface area contributed by atoms with Crippen molar-refractivity contribution < 1.29 is 4.74 Å². The molecule has 88 valence electrons. The molecule has 1 aromatic carbocycles. The van der Waals surface area contributed by atoms with E-state index in [2.05, 4.69) is 4.98 Å². The van der Waals surface area contributed by atoms with E-state index in [1.54, 1.807) is 6.20 Å². The van der Waals surface area contributed by atoms with E-state index in [0.29, 0.717) is 13.2 Å². The number of aromatic nitrogens is 1. The molecule has 1 heterocycles. The lowest BCUT2D eigenvalue weighted by Crippen LogP contribution is -1.98. The lowest BCUT2D eigenvalue weighted by molar-refractivity contribution is 0.340. The highest BCUT2D eigenvalue weighted by atomic mass is 16.5. The summed E-state index contributed by atoms with van der Waals surface area (Å²) in [6, 6.07) is 12.0. The zero-order valence-corrected chi connectivity index (χ0v) is 9.89. The quantitative estimate of drug-likeness (QED) is 0.875. The number of ether oxygens (including phenoxy) is 1. The molecule has 0 atom stereocenters. The van der Waals surface area contributed by atoms with Crippen LogP contribution in [-0.2, 0) is 6.54 Å². The van der Waals surface area contributed by atoms with Gasteiger partial charge in [0.2, 0.25) is 0 Å². The van der Waals surface area contributed by atoms with E-state index in [1.165, 1.54) is 0 Å². The standard InChI is InChI=1S/C14H16N2O/c1-2-17-14-5-3-11(4-6-14)12-7-8-16-13(9-12)10-15/h3-9H,2,10,15H2,1H3. The molecule has 3 nitrogen and oxygen atoms in total. The molecule has 2 rings (SSSR count). The Morgan fingerprint density at radius 2 is 1.88 bits per heavy atom. The summed E-state index contributed by atoms with van der Waals surface area (Å²) in [5, 5.41) is 0. The summed E-state index contributed by atoms with van der Waals surface area (Å²) in [4.78, 5) is 4.18. The Morgan fingerprint density at radius 1 is 1.12 bits per heavy atom. The van der Waals surface area contributed by atoms with Crippen molar-refractivity contribution in [3.05, 3.63) is 48.3 Å². The second-order valence-corrected chi connectivity index (χ2v) is 3.70. The SMILES string of the molecule is CCOc1ccc(-c2ccnc(CN)c2)cc1. The van der Waals surface area contributed by atoms with E-state index in [9.17, 15) is 0 Å². The topological polar surface area (TPSA) is 48.1 Å². The molecule has 1 aromatic heterocycles. The Hall–Kier alpha value is -1.87. The average Bonchev–Trinajstić information content (AvgIpc) is 2.40. The smallest absolute Gasteiger partial charge is 0.119 e. The summed E-state index contributed by atoms with van der Waals surface area (Å²) in [5.41, 5.74) is 8.75. The maximum absolute atomic E-state index is 5.58. The van der Waals surface area contributed by atoms with E-state index in [0.717, 1.165) is 22.6 Å². The molecule has 0 aliphatic carbocycles. The van der Waals surface area contributed by atoms with Crippen LogP contribution in [0, 0.1) is 0 Å². The number of pyridine rings is 1. The minimum Gasteiger partial charge on any atom is -0.494 e. The summed E-state index contributed by atoms with van der Waals surface area (Å²) in [6.07, 6.45) is 1.79. The van der Waals surface area contributed by atoms with Gasteiger partial charge in [-0.05, 0) is 42.3 Å². The summed E-state index contributed by atoms with van der Waals surface area (Å²) in [5.74, 6) is 0.893. The number of nitrogens with two attached hydrogens (primary N) is 1. The summed E-state index contributed by atoms with van der Waals surface area (Å²) in [6.45, 7) is 3.13. The van der Waals surface area contributed by atoms with Crippen LogP contribution in [0.2, 0.25) is 0 Å². The first kappa shape index (κ1) is 11.6. The summed E-state index contributed by atoms with van der Waals surface area (Å²) >= 11 is 0. The molecule has 0 saturated carbocycles. The predicted molar refractivity (Wildman–Crippen MR) is 68.7 cm³/mol. The van der Waals surface area contributed by atoms with Gasteiger partial charge in [0.05, 0.1) is 12.3 Å². The molecule has 0 spiro atoms. The van der Waals surface area contributed by atoms with Crippen molar-refractivity contribution in [2.75, 3.05) is 6.61 Å². The van der Waals surface area contributed by atoms with Crippen molar-refractivity contribution in [3.8, 4) is 16.9 Å². The Morgan fingerprint density at radius 3 is 2.53 bits per heavy atom. The largest absolute Gasteiger partial charge is 0.494 e. The van der Waals surface area contributed by atoms with Gasteiger partial charge in [0, 0.05) is 12.7 Å². The fraction of sp³-hybridized carbons (Fsp3) is 0.214. The van der Waals surface area contributed by atoms with Crippen LogP contribution in [-0.4, -0.2) is 11.6 Å². The van der Waals surface area contributed by atoms with Crippen LogP contribution in [0.25, 0.3) is 11.1 Å². The molecule has 2 aromatic rings. The lowest BCUT2D eigenvalue weighted by Gasteiger charge is -2.06. The molecule has 3 heteroatoms. The molecule has 0 unspecified atom stereocenters. The van der Waals surface area contributed by atoms with E-state index in [1.807, 2.05) is 43.3 Å². The normalized spacial score (nSPS) is 10.2. The third kappa shape index (κ3) is 2.82. The molecular formula is C14H16N2O. The Kier molecular flexibility index (Phi) is 3.73. The van der Waals surface area contributed by atoms with E-state index >= 15 is 0 Å². The Labute approximate surface area is 101 Å². The van der Waals surface area contributed by atoms with Gasteiger partial charge < -0.3 is 10.5 Å². The molecule has 0 radical (unpaired) electrons. The van der Waals surface area contributed by atoms with Crippen molar-refractivity contribution in [1.82, 2.24) is 4.98 Å². The molecule has 0 saturated heterocycles. The zero-order valence-electron chi connectivity index (χ0n) is 9.89. The number of hydrogen-bond acceptors (Lipinski definition) is 3. The van der Waals surface area contributed by atoms with E-state index in [4.69, 9.17) is 10.5 Å². The molecule has 17 heavy (non-hydrogen) atoms. The minimum absolute atomic E-state index is 0.463. The highest BCUT2D eigenvalue weighted by Crippen LogP contribution is 2.22. The van der Waals surface area contributed by atoms with Crippen LogP contribution in [0.5, 0.6) is 5.75 Å². The second kappa shape index (κ2) is 5.46. The summed E-state index contributed by atoms with van der Waals surface area (Å²) in [7, 11) is 0. The number of nitrogens with zero attached hydrogens (tertiary/aromatic N) is 1. The van der Waals surface area contributed by atoms with Crippen LogP contribution in [0.1, 0.15) is 12.6 Å². The molecule has 0 aliphatic heterocycles. The van der Waals surface area contributed by atoms with Crippen molar-refractivity contribution in [3.63, 3.8) is 0 Å². The Balaban J connectivity index is 2.26. The highest BCUT2D eigenvalue weighted by Gasteiger charge is 2.00. The average molecular weight is 228 g/mol. The van der Waals surface area contributed by atoms with Gasteiger partial charge in [0.25, 0.3) is 0 Å². The van der Waals surface area contributed by atoms with Crippen LogP contribution in [0.3, 0.4) is 0 Å². The molecule has 0 aliphatic rings. The van der Waals surface area contributed by atoms with Crippen molar-refractivity contribution >= 4 is 0 Å². The van der Waals surface area contributed by atoms with Gasteiger partial charge in [0.15, 0.2) is 0 Å². The predicted octanol–water partition coefficient (Wildman–Crippen LogP) is 2.61. The fourth-order valence-electron chi connectivity index (χ4n) is 1.68. The van der Waals surface area contributed by atoms with Crippen LogP contribution in [0.4, 0.5) is 0 Å². The number of hydrogen-bond donors (Lipinski definition) is 1. The zero-order chi connectivity index (χ0) is 12.1. The first-order valence-corrected chi connectivity index (χ1v) is 5.71. The third-order valence-electron chi connectivity index (χ3n) is 2.52. The molecular weight excluding hydrogens is 212 g/mol. The highest BCUT2D eigenvalue weighted by molar-refractivity contribution is 5.64. The summed E-state index contributed by atoms with van der Waals surface area (Å²) < 4.78 is 5.41. The van der Waals surface area contributed by atoms with Gasteiger partial charge in [0.1, 0.15) is 5.75 Å². The minimum atomic E-state index is 0.463. The van der Waals surface area contributed by atoms with Crippen molar-refractivity contribution in [1.29, 1.82) is 0 Å². The number of rotatable bonds is 4. The van der Waals surface area contributed by atoms with Gasteiger partial charge in [-0.1, -0.05) is 12.1 Å². The molecule has 0 amide bonds. The van der Waals surface area contributed by atoms with E-state index < -0.39 is 0 Å². The van der Waals surface area contributed by atoms with Crippen LogP contribution >= 0.6 is 0 Å². The van der Waals surface area contributed by atoms with Crippen LogP contribution in [0.15, 0.2) is 42.6 Å². The Bertz CT molecular complexity index is 480. The van der Waals surface area contributed by atoms with Gasteiger partial charge >= 0.3 is 0 Å². The number of benzene rings is 1. The first-order chi connectivity index (χ1) is 8.33. The maximum atomic E-state index is 5.58. The monoisotopic (exact) mass is 228 g/mol. The van der Waals surface area contributed by atoms with Gasteiger partial charge in [-0.2, -0.15) is 0 Å². The molecule has 0 fully saturated rings. The van der Waals surface area contributed by atoms with E-state index in [-0.39, 0.29) is 0 Å². The third-order valence-corrected chi connectivity index (χ3v) is 2.52. The molecule has 0 bridgehead atoms. The lowest BCUT2D eigenvalue weighted by atomic mass is 10.1. The van der Waals surface area contributed by atoms with Gasteiger partial charge in [-0.15, -0.1) is 0 Å². The van der Waals surface area contributed by atoms with Crippen molar-refractivity contribution in [2.45, 2.75) is 13.5 Å².